The maximum Gasteiger partial charge on any atom is 0.143 e. The molecule has 10 aromatic rings. The molecule has 0 atom stereocenters. The molecular formula is C54H38O. The van der Waals surface area contributed by atoms with Crippen molar-refractivity contribution in [3.05, 3.63) is 180 Å². The second-order valence-corrected chi connectivity index (χ2v) is 16.8. The van der Waals surface area contributed by atoms with Crippen LogP contribution in [0.25, 0.3) is 98.8 Å². The molecule has 9 aromatic carbocycles. The van der Waals surface area contributed by atoms with E-state index in [9.17, 15) is 0 Å². The Morgan fingerprint density at radius 3 is 1.64 bits per heavy atom. The molecule has 2 aliphatic rings. The fourth-order valence-electron chi connectivity index (χ4n) is 10.6. The highest BCUT2D eigenvalue weighted by atomic mass is 16.3. The van der Waals surface area contributed by atoms with Crippen molar-refractivity contribution >= 4 is 54.3 Å². The van der Waals surface area contributed by atoms with Gasteiger partial charge in [-0.25, -0.2) is 0 Å². The molecule has 0 unspecified atom stereocenters. The Balaban J connectivity index is 1.11. The minimum Gasteiger partial charge on any atom is -0.455 e. The first kappa shape index (κ1) is 31.0. The molecule has 55 heavy (non-hydrogen) atoms. The molecule has 1 heterocycles. The molecule has 0 amide bonds. The molecule has 0 fully saturated rings. The molecule has 1 aromatic heterocycles. The summed E-state index contributed by atoms with van der Waals surface area (Å²) in [6, 6.07) is 59.0. The zero-order chi connectivity index (χ0) is 36.8. The van der Waals surface area contributed by atoms with Gasteiger partial charge in [-0.3, -0.25) is 0 Å². The van der Waals surface area contributed by atoms with E-state index >= 15 is 0 Å². The summed E-state index contributed by atoms with van der Waals surface area (Å²) in [5.41, 5.74) is 17.4. The SMILES string of the molecule is CC1(C)c2ccccc2-c2ccc(-c3c4ccccc4c(-c4ccc5c(c4)-c4c(ccc6c4oc4ccc7ccccc7c46)C5(C)C)c4ccccc34)cc21. The van der Waals surface area contributed by atoms with E-state index < -0.39 is 0 Å². The monoisotopic (exact) mass is 702 g/mol. The minimum atomic E-state index is -0.159. The highest BCUT2D eigenvalue weighted by Crippen LogP contribution is 2.55. The Morgan fingerprint density at radius 2 is 0.909 bits per heavy atom. The van der Waals surface area contributed by atoms with Crippen molar-refractivity contribution in [3.63, 3.8) is 0 Å². The van der Waals surface area contributed by atoms with Gasteiger partial charge in [0.15, 0.2) is 0 Å². The quantitative estimate of drug-likeness (QED) is 0.163. The fourth-order valence-corrected chi connectivity index (χ4v) is 10.6. The zero-order valence-corrected chi connectivity index (χ0v) is 31.4. The first-order valence-electron chi connectivity index (χ1n) is 19.5. The maximum absolute atomic E-state index is 6.87. The average Bonchev–Trinajstić information content (AvgIpc) is 3.79. The Morgan fingerprint density at radius 1 is 0.364 bits per heavy atom. The molecule has 1 heteroatoms. The van der Waals surface area contributed by atoms with Crippen LogP contribution >= 0.6 is 0 Å². The summed E-state index contributed by atoms with van der Waals surface area (Å²) in [6.45, 7) is 9.46. The first-order chi connectivity index (χ1) is 26.8. The molecule has 12 rings (SSSR count). The topological polar surface area (TPSA) is 13.1 Å². The van der Waals surface area contributed by atoms with Crippen molar-refractivity contribution in [1.82, 2.24) is 0 Å². The van der Waals surface area contributed by atoms with Crippen LogP contribution in [-0.2, 0) is 10.8 Å². The highest BCUT2D eigenvalue weighted by molar-refractivity contribution is 6.23. The van der Waals surface area contributed by atoms with Gasteiger partial charge in [0.1, 0.15) is 11.2 Å². The van der Waals surface area contributed by atoms with Gasteiger partial charge in [0.05, 0.1) is 0 Å². The molecule has 0 aliphatic heterocycles. The lowest BCUT2D eigenvalue weighted by Crippen LogP contribution is -2.14. The normalized spacial score (nSPS) is 14.8. The number of rotatable bonds is 2. The summed E-state index contributed by atoms with van der Waals surface area (Å²) in [6.07, 6.45) is 0. The minimum absolute atomic E-state index is 0.0691. The number of hydrogen-bond donors (Lipinski definition) is 0. The van der Waals surface area contributed by atoms with Gasteiger partial charge < -0.3 is 4.42 Å². The van der Waals surface area contributed by atoms with E-state index in [0.717, 1.165) is 11.2 Å². The molecule has 0 radical (unpaired) electrons. The zero-order valence-electron chi connectivity index (χ0n) is 31.4. The van der Waals surface area contributed by atoms with Crippen LogP contribution in [0.5, 0.6) is 0 Å². The van der Waals surface area contributed by atoms with E-state index in [1.807, 2.05) is 0 Å². The van der Waals surface area contributed by atoms with Crippen molar-refractivity contribution in [2.75, 3.05) is 0 Å². The Kier molecular flexibility index (Phi) is 5.98. The van der Waals surface area contributed by atoms with Crippen molar-refractivity contribution in [2.24, 2.45) is 0 Å². The number of benzene rings is 9. The maximum atomic E-state index is 6.87. The lowest BCUT2D eigenvalue weighted by Gasteiger charge is -2.23. The van der Waals surface area contributed by atoms with Crippen molar-refractivity contribution < 1.29 is 4.42 Å². The van der Waals surface area contributed by atoms with Crippen LogP contribution in [0.4, 0.5) is 0 Å². The fraction of sp³-hybridized carbons (Fsp3) is 0.111. The van der Waals surface area contributed by atoms with E-state index in [1.165, 1.54) is 110 Å². The highest BCUT2D eigenvalue weighted by Gasteiger charge is 2.39. The van der Waals surface area contributed by atoms with E-state index in [0.29, 0.717) is 0 Å². The lowest BCUT2D eigenvalue weighted by atomic mass is 9.80. The van der Waals surface area contributed by atoms with Gasteiger partial charge in [0, 0.05) is 27.2 Å². The predicted molar refractivity (Wildman–Crippen MR) is 232 cm³/mol. The second kappa shape index (κ2) is 10.6. The predicted octanol–water partition coefficient (Wildman–Crippen LogP) is 15.0. The first-order valence-corrected chi connectivity index (χ1v) is 19.5. The number of furan rings is 1. The van der Waals surface area contributed by atoms with Crippen LogP contribution in [0, 0.1) is 0 Å². The number of hydrogen-bond acceptors (Lipinski definition) is 1. The van der Waals surface area contributed by atoms with Crippen molar-refractivity contribution in [2.45, 2.75) is 38.5 Å². The summed E-state index contributed by atoms with van der Waals surface area (Å²) in [5.74, 6) is 0. The average molecular weight is 703 g/mol. The molecule has 0 spiro atoms. The third-order valence-electron chi connectivity index (χ3n) is 13.3. The lowest BCUT2D eigenvalue weighted by molar-refractivity contribution is 0.653. The molecule has 0 saturated heterocycles. The summed E-state index contributed by atoms with van der Waals surface area (Å²) < 4.78 is 6.87. The van der Waals surface area contributed by atoms with E-state index in [-0.39, 0.29) is 10.8 Å². The summed E-state index contributed by atoms with van der Waals surface area (Å²) in [5, 5.41) is 9.94. The molecule has 0 N–H and O–H groups in total. The molecule has 0 saturated carbocycles. The molecule has 2 aliphatic carbocycles. The van der Waals surface area contributed by atoms with Gasteiger partial charge in [-0.15, -0.1) is 0 Å². The van der Waals surface area contributed by atoms with Crippen molar-refractivity contribution in [3.8, 4) is 44.5 Å². The van der Waals surface area contributed by atoms with Gasteiger partial charge >= 0.3 is 0 Å². The Labute approximate surface area is 320 Å². The van der Waals surface area contributed by atoms with E-state index in [4.69, 9.17) is 4.42 Å². The van der Waals surface area contributed by atoms with Gasteiger partial charge in [-0.1, -0.05) is 167 Å². The third kappa shape index (κ3) is 3.98. The molecule has 0 bridgehead atoms. The van der Waals surface area contributed by atoms with Gasteiger partial charge in [0.2, 0.25) is 0 Å². The standard InChI is InChI=1S/C54H38O/c1-53(2)44-26-22-32(29-42(44)51-45(53)27-25-41-50-34-14-6-5-13-31(34)23-28-47(50)55-52(41)51)48-37-16-7-9-18-39(37)49(40-19-10-8-17-38(40)48)33-21-24-36-35-15-11-12-20-43(35)54(3,4)46(36)30-33/h5-30H,1-4H3. The van der Waals surface area contributed by atoms with Crippen molar-refractivity contribution in [1.29, 1.82) is 0 Å². The molecule has 260 valence electrons. The van der Waals surface area contributed by atoms with E-state index in [1.54, 1.807) is 0 Å². The molecule has 1 nitrogen and oxygen atoms in total. The van der Waals surface area contributed by atoms with Gasteiger partial charge in [0.25, 0.3) is 0 Å². The summed E-state index contributed by atoms with van der Waals surface area (Å²) in [4.78, 5) is 0. The van der Waals surface area contributed by atoms with E-state index in [2.05, 4.69) is 185 Å². The summed E-state index contributed by atoms with van der Waals surface area (Å²) in [7, 11) is 0. The summed E-state index contributed by atoms with van der Waals surface area (Å²) >= 11 is 0. The van der Waals surface area contributed by atoms with Crippen LogP contribution in [-0.4, -0.2) is 0 Å². The molecular weight excluding hydrogens is 665 g/mol. The van der Waals surface area contributed by atoms with Crippen LogP contribution in [0.1, 0.15) is 49.9 Å². The van der Waals surface area contributed by atoms with Gasteiger partial charge in [-0.2, -0.15) is 0 Å². The second-order valence-electron chi connectivity index (χ2n) is 16.8. The van der Waals surface area contributed by atoms with Gasteiger partial charge in [-0.05, 0) is 112 Å². The Hall–Kier alpha value is -6.44. The largest absolute Gasteiger partial charge is 0.455 e. The van der Waals surface area contributed by atoms with Crippen LogP contribution in [0.3, 0.4) is 0 Å². The number of fused-ring (bicyclic) bond motifs is 14. The van der Waals surface area contributed by atoms with Crippen LogP contribution in [0.15, 0.2) is 162 Å². The van der Waals surface area contributed by atoms with Crippen LogP contribution < -0.4 is 0 Å². The smallest absolute Gasteiger partial charge is 0.143 e. The van der Waals surface area contributed by atoms with Crippen LogP contribution in [0.2, 0.25) is 0 Å². The third-order valence-corrected chi connectivity index (χ3v) is 13.3. The Bertz CT molecular complexity index is 3260.